The summed E-state index contributed by atoms with van der Waals surface area (Å²) in [5.74, 6) is -1.59. The molecule has 0 rings (SSSR count). The van der Waals surface area contributed by atoms with Crippen molar-refractivity contribution in [3.05, 3.63) is 12.7 Å². The molecular weight excluding hydrogens is 172 g/mol. The number of aliphatic carboxylic acids is 1. The predicted molar refractivity (Wildman–Crippen MR) is 47.2 cm³/mol. The van der Waals surface area contributed by atoms with E-state index in [1.165, 1.54) is 13.0 Å². The van der Waals surface area contributed by atoms with Gasteiger partial charge in [0, 0.05) is 12.8 Å². The highest BCUT2D eigenvalue weighted by Gasteiger charge is 2.19. The van der Waals surface area contributed by atoms with Gasteiger partial charge in [0.15, 0.2) is 0 Å². The van der Waals surface area contributed by atoms with Crippen LogP contribution in [0.2, 0.25) is 0 Å². The fraction of sp³-hybridized carbons (Fsp3) is 0.556. The number of rotatable bonds is 5. The van der Waals surface area contributed by atoms with E-state index in [2.05, 4.69) is 6.58 Å². The van der Waals surface area contributed by atoms with Gasteiger partial charge in [-0.3, -0.25) is 9.59 Å². The minimum Gasteiger partial charge on any atom is -0.481 e. The number of hydrogen-bond donors (Lipinski definition) is 1. The highest BCUT2D eigenvalue weighted by molar-refractivity contribution is 5.68. The third kappa shape index (κ3) is 5.00. The molecule has 0 spiro atoms. The summed E-state index contributed by atoms with van der Waals surface area (Å²) in [5.41, 5.74) is 0. The van der Waals surface area contributed by atoms with Gasteiger partial charge in [-0.1, -0.05) is 19.6 Å². The summed E-state index contributed by atoms with van der Waals surface area (Å²) in [6, 6.07) is 0. The number of carboxylic acids is 1. The molecule has 0 amide bonds. The van der Waals surface area contributed by atoms with E-state index in [1.54, 1.807) is 6.92 Å². The number of carbonyl (C=O) groups is 2. The molecule has 4 nitrogen and oxygen atoms in total. The molecule has 0 aromatic heterocycles. The molecule has 0 aromatic rings. The highest BCUT2D eigenvalue weighted by Crippen LogP contribution is 2.12. The van der Waals surface area contributed by atoms with Crippen LogP contribution in [0.3, 0.4) is 0 Å². The average Bonchev–Trinajstić information content (AvgIpc) is 1.98. The van der Waals surface area contributed by atoms with E-state index in [1.807, 2.05) is 0 Å². The lowest BCUT2D eigenvalue weighted by atomic mass is 10.0. The molecule has 13 heavy (non-hydrogen) atoms. The lowest BCUT2D eigenvalue weighted by Crippen LogP contribution is -2.23. The maximum atomic E-state index is 10.6. The summed E-state index contributed by atoms with van der Waals surface area (Å²) in [6.07, 6.45) is 0.882. The summed E-state index contributed by atoms with van der Waals surface area (Å²) in [5, 5.41) is 8.49. The number of esters is 1. The van der Waals surface area contributed by atoms with Crippen LogP contribution in [0, 0.1) is 5.92 Å². The maximum Gasteiger partial charge on any atom is 0.303 e. The first-order valence-corrected chi connectivity index (χ1v) is 3.99. The van der Waals surface area contributed by atoms with Gasteiger partial charge in [0.2, 0.25) is 0 Å². The monoisotopic (exact) mass is 186 g/mol. The van der Waals surface area contributed by atoms with E-state index >= 15 is 0 Å². The van der Waals surface area contributed by atoms with Gasteiger partial charge in [0.05, 0.1) is 6.42 Å². The Bertz CT molecular complexity index is 210. The van der Waals surface area contributed by atoms with Crippen molar-refractivity contribution in [1.29, 1.82) is 0 Å². The number of carboxylic acid groups (broad SMARTS) is 1. The average molecular weight is 186 g/mol. The van der Waals surface area contributed by atoms with Crippen LogP contribution in [0.5, 0.6) is 0 Å². The Balaban J connectivity index is 4.14. The van der Waals surface area contributed by atoms with Gasteiger partial charge in [0.1, 0.15) is 6.10 Å². The highest BCUT2D eigenvalue weighted by atomic mass is 16.5. The second kappa shape index (κ2) is 5.35. The first kappa shape index (κ1) is 11.7. The van der Waals surface area contributed by atoms with E-state index in [4.69, 9.17) is 9.84 Å². The van der Waals surface area contributed by atoms with Gasteiger partial charge in [-0.25, -0.2) is 0 Å². The van der Waals surface area contributed by atoms with Gasteiger partial charge in [-0.2, -0.15) is 0 Å². The smallest absolute Gasteiger partial charge is 0.303 e. The predicted octanol–water partition coefficient (Wildman–Crippen LogP) is 1.21. The van der Waals surface area contributed by atoms with Crippen LogP contribution in [0.15, 0.2) is 12.7 Å². The minimum absolute atomic E-state index is 0.0377. The van der Waals surface area contributed by atoms with Crippen LogP contribution >= 0.6 is 0 Å². The second-order valence-electron chi connectivity index (χ2n) is 2.88. The minimum atomic E-state index is -0.911. The maximum absolute atomic E-state index is 10.6. The summed E-state index contributed by atoms with van der Waals surface area (Å²) in [7, 11) is 0. The van der Waals surface area contributed by atoms with Crippen LogP contribution in [0.25, 0.3) is 0 Å². The van der Waals surface area contributed by atoms with Gasteiger partial charge in [0.25, 0.3) is 0 Å². The van der Waals surface area contributed by atoms with E-state index in [0.29, 0.717) is 0 Å². The van der Waals surface area contributed by atoms with Crippen LogP contribution in [-0.4, -0.2) is 23.1 Å². The largest absolute Gasteiger partial charge is 0.481 e. The Morgan fingerprint density at radius 3 is 2.46 bits per heavy atom. The third-order valence-electron chi connectivity index (χ3n) is 1.59. The molecule has 0 radical (unpaired) electrons. The van der Waals surface area contributed by atoms with Crippen LogP contribution in [0.1, 0.15) is 20.3 Å². The molecule has 2 atom stereocenters. The van der Waals surface area contributed by atoms with Crippen molar-refractivity contribution in [2.24, 2.45) is 5.92 Å². The fourth-order valence-corrected chi connectivity index (χ4v) is 0.980. The Hall–Kier alpha value is -1.32. The van der Waals surface area contributed by atoms with Crippen LogP contribution in [0.4, 0.5) is 0 Å². The molecule has 0 aliphatic heterocycles. The summed E-state index contributed by atoms with van der Waals surface area (Å²) >= 11 is 0. The number of carbonyl (C=O) groups excluding carboxylic acids is 1. The van der Waals surface area contributed by atoms with Gasteiger partial charge >= 0.3 is 11.9 Å². The second-order valence-corrected chi connectivity index (χ2v) is 2.88. The van der Waals surface area contributed by atoms with Crippen molar-refractivity contribution in [1.82, 2.24) is 0 Å². The van der Waals surface area contributed by atoms with E-state index < -0.39 is 18.0 Å². The molecule has 74 valence electrons. The normalized spacial score (nSPS) is 14.3. The van der Waals surface area contributed by atoms with E-state index in [-0.39, 0.29) is 12.3 Å². The summed E-state index contributed by atoms with van der Waals surface area (Å²) in [4.78, 5) is 20.9. The molecular formula is C9H14O4. The molecule has 0 fully saturated rings. The SMILES string of the molecule is C=CC(OC(C)=O)C(C)CC(=O)O. The Kier molecular flexibility index (Phi) is 4.80. The van der Waals surface area contributed by atoms with Crippen molar-refractivity contribution in [3.8, 4) is 0 Å². The lowest BCUT2D eigenvalue weighted by molar-refractivity contribution is -0.149. The quantitative estimate of drug-likeness (QED) is 0.518. The first-order valence-electron chi connectivity index (χ1n) is 3.99. The molecule has 4 heteroatoms. The van der Waals surface area contributed by atoms with Crippen molar-refractivity contribution in [2.75, 3.05) is 0 Å². The first-order chi connectivity index (χ1) is 5.97. The zero-order valence-electron chi connectivity index (χ0n) is 7.82. The molecule has 0 aliphatic carbocycles. The summed E-state index contributed by atoms with van der Waals surface area (Å²) < 4.78 is 4.84. The molecule has 0 bridgehead atoms. The number of hydrogen-bond acceptors (Lipinski definition) is 3. The van der Waals surface area contributed by atoms with Gasteiger partial charge < -0.3 is 9.84 Å². The van der Waals surface area contributed by atoms with Crippen LogP contribution < -0.4 is 0 Å². The molecule has 0 aromatic carbocycles. The Labute approximate surface area is 77.2 Å². The van der Waals surface area contributed by atoms with Crippen LogP contribution in [-0.2, 0) is 14.3 Å². The fourth-order valence-electron chi connectivity index (χ4n) is 0.980. The molecule has 0 heterocycles. The zero-order chi connectivity index (χ0) is 10.4. The van der Waals surface area contributed by atoms with E-state index in [0.717, 1.165) is 0 Å². The topological polar surface area (TPSA) is 63.6 Å². The third-order valence-corrected chi connectivity index (χ3v) is 1.59. The van der Waals surface area contributed by atoms with Gasteiger partial charge in [-0.15, -0.1) is 0 Å². The molecule has 0 aliphatic rings. The molecule has 0 saturated heterocycles. The van der Waals surface area contributed by atoms with Crippen molar-refractivity contribution in [2.45, 2.75) is 26.4 Å². The molecule has 1 N–H and O–H groups in total. The molecule has 2 unspecified atom stereocenters. The number of ether oxygens (including phenoxy) is 1. The van der Waals surface area contributed by atoms with Gasteiger partial charge in [-0.05, 0) is 0 Å². The standard InChI is InChI=1S/C9H14O4/c1-4-8(13-7(3)10)6(2)5-9(11)12/h4,6,8H,1,5H2,2-3H3,(H,11,12). The Morgan fingerprint density at radius 1 is 1.62 bits per heavy atom. The zero-order valence-corrected chi connectivity index (χ0v) is 7.82. The van der Waals surface area contributed by atoms with Crippen molar-refractivity contribution < 1.29 is 19.4 Å². The Morgan fingerprint density at radius 2 is 2.15 bits per heavy atom. The lowest BCUT2D eigenvalue weighted by Gasteiger charge is -2.18. The van der Waals surface area contributed by atoms with Crippen molar-refractivity contribution >= 4 is 11.9 Å². The van der Waals surface area contributed by atoms with E-state index in [9.17, 15) is 9.59 Å². The summed E-state index contributed by atoms with van der Waals surface area (Å²) in [6.45, 7) is 6.45. The van der Waals surface area contributed by atoms with Crippen molar-refractivity contribution in [3.63, 3.8) is 0 Å². The molecule has 0 saturated carbocycles.